The Kier molecular flexibility index (Phi) is 4.33. The Morgan fingerprint density at radius 2 is 2.18 bits per heavy atom. The monoisotopic (exact) mass is 160 g/mol. The van der Waals surface area contributed by atoms with Gasteiger partial charge in [-0.15, -0.1) is 6.58 Å². The van der Waals surface area contributed by atoms with Crippen LogP contribution >= 0.6 is 0 Å². The highest BCUT2D eigenvalue weighted by Gasteiger charge is 2.14. The Balaban J connectivity index is 3.60. The quantitative estimate of drug-likeness (QED) is 0.569. The Morgan fingerprint density at radius 3 is 2.55 bits per heavy atom. The van der Waals surface area contributed by atoms with E-state index in [2.05, 4.69) is 6.58 Å². The van der Waals surface area contributed by atoms with Crippen LogP contribution in [-0.2, 0) is 4.74 Å². The lowest BCUT2D eigenvalue weighted by atomic mass is 10.1. The fraction of sp³-hybridized carbons (Fsp3) is 0.750. The van der Waals surface area contributed by atoms with E-state index < -0.39 is 11.7 Å². The summed E-state index contributed by atoms with van der Waals surface area (Å²) in [6, 6.07) is 0. The highest BCUT2D eigenvalue weighted by atomic mass is 16.5. The molecule has 0 spiro atoms. The summed E-state index contributed by atoms with van der Waals surface area (Å²) in [6.07, 6.45) is 0.853. The summed E-state index contributed by atoms with van der Waals surface area (Å²) in [5.41, 5.74) is -0.434. The zero-order chi connectivity index (χ0) is 8.91. The summed E-state index contributed by atoms with van der Waals surface area (Å²) >= 11 is 0. The Hall–Kier alpha value is -0.380. The molecule has 0 aromatic heterocycles. The van der Waals surface area contributed by atoms with Crippen LogP contribution in [0.5, 0.6) is 0 Å². The maximum Gasteiger partial charge on any atom is 0.100 e. The van der Waals surface area contributed by atoms with Gasteiger partial charge >= 0.3 is 0 Å². The van der Waals surface area contributed by atoms with Crippen molar-refractivity contribution in [3.63, 3.8) is 0 Å². The smallest absolute Gasteiger partial charge is 0.100 e. The van der Waals surface area contributed by atoms with Crippen molar-refractivity contribution in [2.24, 2.45) is 0 Å². The summed E-state index contributed by atoms with van der Waals surface area (Å²) in [6.45, 7) is 7.11. The van der Waals surface area contributed by atoms with Gasteiger partial charge in [-0.05, 0) is 13.8 Å². The third-order valence-corrected chi connectivity index (χ3v) is 1.35. The van der Waals surface area contributed by atoms with Gasteiger partial charge in [-0.2, -0.15) is 0 Å². The lowest BCUT2D eigenvalue weighted by molar-refractivity contribution is -0.0477. The van der Waals surface area contributed by atoms with Gasteiger partial charge in [0.2, 0.25) is 0 Å². The molecule has 66 valence electrons. The van der Waals surface area contributed by atoms with E-state index >= 15 is 0 Å². The van der Waals surface area contributed by atoms with Crippen LogP contribution in [0.4, 0.5) is 0 Å². The van der Waals surface area contributed by atoms with Gasteiger partial charge in [0.1, 0.15) is 6.10 Å². The molecule has 3 nitrogen and oxygen atoms in total. The van der Waals surface area contributed by atoms with Crippen molar-refractivity contribution in [3.05, 3.63) is 12.7 Å². The topological polar surface area (TPSA) is 49.7 Å². The van der Waals surface area contributed by atoms with E-state index in [1.807, 2.05) is 13.8 Å². The van der Waals surface area contributed by atoms with Crippen LogP contribution < -0.4 is 0 Å². The maximum atomic E-state index is 8.91. The van der Waals surface area contributed by atoms with Gasteiger partial charge in [0.25, 0.3) is 0 Å². The average molecular weight is 160 g/mol. The molecule has 0 aliphatic rings. The van der Waals surface area contributed by atoms with Gasteiger partial charge in [0, 0.05) is 0 Å². The van der Waals surface area contributed by atoms with E-state index in [0.29, 0.717) is 0 Å². The van der Waals surface area contributed by atoms with Gasteiger partial charge in [-0.25, -0.2) is 0 Å². The molecule has 0 saturated heterocycles. The fourth-order valence-electron chi connectivity index (χ4n) is 0.423. The zero-order valence-corrected chi connectivity index (χ0v) is 7.08. The van der Waals surface area contributed by atoms with Gasteiger partial charge in [-0.3, -0.25) is 0 Å². The molecule has 0 fully saturated rings. The zero-order valence-electron chi connectivity index (χ0n) is 7.08. The molecule has 0 aromatic rings. The summed E-state index contributed by atoms with van der Waals surface area (Å²) in [7, 11) is 0. The second kappa shape index (κ2) is 4.49. The number of hydrogen-bond donors (Lipinski definition) is 2. The van der Waals surface area contributed by atoms with Gasteiger partial charge < -0.3 is 14.9 Å². The van der Waals surface area contributed by atoms with Gasteiger partial charge in [-0.1, -0.05) is 6.08 Å². The van der Waals surface area contributed by atoms with E-state index in [1.54, 1.807) is 6.08 Å². The first-order chi connectivity index (χ1) is 5.02. The first kappa shape index (κ1) is 10.6. The molecular formula is C8H16O3. The highest BCUT2D eigenvalue weighted by molar-refractivity contribution is 4.89. The molecule has 2 N–H and O–H groups in total. The molecule has 0 saturated carbocycles. The van der Waals surface area contributed by atoms with Crippen molar-refractivity contribution in [3.8, 4) is 0 Å². The number of hydrogen-bond acceptors (Lipinski definition) is 3. The molecule has 0 amide bonds. The Morgan fingerprint density at radius 1 is 1.64 bits per heavy atom. The van der Waals surface area contributed by atoms with Gasteiger partial charge in [0.05, 0.1) is 18.8 Å². The second-order valence-corrected chi connectivity index (χ2v) is 2.95. The summed E-state index contributed by atoms with van der Waals surface area (Å²) in [4.78, 5) is 0. The molecule has 3 heteroatoms. The standard InChI is InChI=1S/C8H16O3/c1-4-8(2,3)11-6-7(10)5-9/h4,7,9-10H,1,5-6H2,2-3H3/t7-/m0/s1. The van der Waals surface area contributed by atoms with E-state index in [1.165, 1.54) is 0 Å². The Bertz CT molecular complexity index is 121. The predicted molar refractivity (Wildman–Crippen MR) is 43.3 cm³/mol. The molecule has 0 bridgehead atoms. The highest BCUT2D eigenvalue weighted by Crippen LogP contribution is 2.09. The molecule has 0 aliphatic heterocycles. The minimum absolute atomic E-state index is 0.134. The number of ether oxygens (including phenoxy) is 1. The fourth-order valence-corrected chi connectivity index (χ4v) is 0.423. The SMILES string of the molecule is C=CC(C)(C)OC[C@@H](O)CO. The van der Waals surface area contributed by atoms with E-state index in [-0.39, 0.29) is 13.2 Å². The van der Waals surface area contributed by atoms with Crippen molar-refractivity contribution in [1.82, 2.24) is 0 Å². The van der Waals surface area contributed by atoms with Crippen LogP contribution in [0.2, 0.25) is 0 Å². The van der Waals surface area contributed by atoms with Crippen LogP contribution in [-0.4, -0.2) is 35.1 Å². The molecule has 0 aliphatic carbocycles. The number of rotatable bonds is 5. The molecule has 0 radical (unpaired) electrons. The van der Waals surface area contributed by atoms with E-state index in [9.17, 15) is 0 Å². The molecule has 1 atom stereocenters. The van der Waals surface area contributed by atoms with Crippen molar-refractivity contribution in [2.75, 3.05) is 13.2 Å². The second-order valence-electron chi connectivity index (χ2n) is 2.95. The van der Waals surface area contributed by atoms with Crippen molar-refractivity contribution in [1.29, 1.82) is 0 Å². The van der Waals surface area contributed by atoms with Crippen molar-refractivity contribution >= 4 is 0 Å². The first-order valence-electron chi connectivity index (χ1n) is 3.58. The third kappa shape index (κ3) is 4.95. The lowest BCUT2D eigenvalue weighted by Crippen LogP contribution is -2.28. The first-order valence-corrected chi connectivity index (χ1v) is 3.58. The maximum absolute atomic E-state index is 8.91. The molecule has 0 rings (SSSR count). The van der Waals surface area contributed by atoms with Crippen LogP contribution in [0.25, 0.3) is 0 Å². The Labute approximate surface area is 67.3 Å². The number of aliphatic hydroxyl groups excluding tert-OH is 2. The minimum atomic E-state index is -0.797. The summed E-state index contributed by atoms with van der Waals surface area (Å²) in [5.74, 6) is 0. The third-order valence-electron chi connectivity index (χ3n) is 1.35. The van der Waals surface area contributed by atoms with Gasteiger partial charge in [0.15, 0.2) is 0 Å². The van der Waals surface area contributed by atoms with E-state index in [0.717, 1.165) is 0 Å². The van der Waals surface area contributed by atoms with Crippen molar-refractivity contribution < 1.29 is 14.9 Å². The van der Waals surface area contributed by atoms with E-state index in [4.69, 9.17) is 14.9 Å². The molecule has 0 aromatic carbocycles. The average Bonchev–Trinajstić information content (AvgIpc) is 2.00. The molecular weight excluding hydrogens is 144 g/mol. The normalized spacial score (nSPS) is 14.5. The molecule has 0 heterocycles. The predicted octanol–water partition coefficient (Wildman–Crippen LogP) is 0.321. The van der Waals surface area contributed by atoms with Crippen LogP contribution in [0.3, 0.4) is 0 Å². The lowest BCUT2D eigenvalue weighted by Gasteiger charge is -2.22. The number of aliphatic hydroxyl groups is 2. The molecule has 0 unspecified atom stereocenters. The minimum Gasteiger partial charge on any atom is -0.394 e. The summed E-state index contributed by atoms with van der Waals surface area (Å²) in [5, 5.41) is 17.4. The van der Waals surface area contributed by atoms with Crippen LogP contribution in [0, 0.1) is 0 Å². The van der Waals surface area contributed by atoms with Crippen LogP contribution in [0.15, 0.2) is 12.7 Å². The largest absolute Gasteiger partial charge is 0.394 e. The molecule has 11 heavy (non-hydrogen) atoms. The summed E-state index contributed by atoms with van der Waals surface area (Å²) < 4.78 is 5.20. The van der Waals surface area contributed by atoms with Crippen molar-refractivity contribution in [2.45, 2.75) is 25.6 Å². The van der Waals surface area contributed by atoms with Crippen LogP contribution in [0.1, 0.15) is 13.8 Å².